The average Bonchev–Trinajstić information content (AvgIpc) is 3.07. The molecule has 1 amide bonds. The van der Waals surface area contributed by atoms with Gasteiger partial charge in [-0.3, -0.25) is 4.79 Å². The van der Waals surface area contributed by atoms with Crippen molar-refractivity contribution in [2.45, 2.75) is 50.0 Å². The molecule has 3 rings (SSSR count). The molecule has 4 nitrogen and oxygen atoms in total. The number of nitrogens with one attached hydrogen (secondary N) is 2. The fourth-order valence-electron chi connectivity index (χ4n) is 3.84. The van der Waals surface area contributed by atoms with Gasteiger partial charge in [-0.15, -0.1) is 12.4 Å². The van der Waals surface area contributed by atoms with Gasteiger partial charge in [0, 0.05) is 12.6 Å². The molecule has 128 valence electrons. The topological polar surface area (TPSA) is 50.4 Å². The van der Waals surface area contributed by atoms with Crippen LogP contribution in [0.15, 0.2) is 24.3 Å². The Morgan fingerprint density at radius 2 is 2.09 bits per heavy atom. The maximum absolute atomic E-state index is 13.1. The Hall–Kier alpha value is -1.26. The molecule has 1 aliphatic heterocycles. The third-order valence-corrected chi connectivity index (χ3v) is 5.15. The van der Waals surface area contributed by atoms with Gasteiger partial charge in [-0.1, -0.05) is 25.0 Å². The first-order valence-electron chi connectivity index (χ1n) is 8.41. The number of hydrogen-bond donors (Lipinski definition) is 2. The van der Waals surface area contributed by atoms with E-state index in [0.29, 0.717) is 0 Å². The van der Waals surface area contributed by atoms with Crippen LogP contribution in [0.3, 0.4) is 0 Å². The molecule has 2 fully saturated rings. The molecule has 1 heterocycles. The molecule has 2 aliphatic rings. The molecule has 1 aromatic rings. The van der Waals surface area contributed by atoms with Crippen LogP contribution < -0.4 is 15.4 Å². The Morgan fingerprint density at radius 3 is 2.74 bits per heavy atom. The minimum Gasteiger partial charge on any atom is -0.497 e. The number of methoxy groups -OCH3 is 1. The van der Waals surface area contributed by atoms with Gasteiger partial charge in [0.25, 0.3) is 0 Å². The second-order valence-electron chi connectivity index (χ2n) is 6.54. The third kappa shape index (κ3) is 3.81. The number of halogens is 1. The molecule has 0 unspecified atom stereocenters. The normalized spacial score (nSPS) is 22.9. The van der Waals surface area contributed by atoms with Gasteiger partial charge in [-0.2, -0.15) is 0 Å². The molecule has 1 aliphatic carbocycles. The summed E-state index contributed by atoms with van der Waals surface area (Å²) in [5.41, 5.74) is 0.733. The molecule has 0 bridgehead atoms. The SMILES string of the molecule is COc1cccc(C2(C(=O)N[C@H]3CCCNC3)CCCC2)c1.Cl. The highest BCUT2D eigenvalue weighted by Gasteiger charge is 2.43. The van der Waals surface area contributed by atoms with Gasteiger partial charge >= 0.3 is 0 Å². The summed E-state index contributed by atoms with van der Waals surface area (Å²) in [6.07, 6.45) is 6.32. The smallest absolute Gasteiger partial charge is 0.230 e. The quantitative estimate of drug-likeness (QED) is 0.887. The van der Waals surface area contributed by atoms with Crippen molar-refractivity contribution in [3.63, 3.8) is 0 Å². The van der Waals surface area contributed by atoms with Gasteiger partial charge < -0.3 is 15.4 Å². The number of rotatable bonds is 4. The van der Waals surface area contributed by atoms with Gasteiger partial charge in [0.05, 0.1) is 12.5 Å². The van der Waals surface area contributed by atoms with E-state index in [2.05, 4.69) is 16.7 Å². The zero-order valence-electron chi connectivity index (χ0n) is 13.8. The predicted octanol–water partition coefficient (Wildman–Crippen LogP) is 2.80. The summed E-state index contributed by atoms with van der Waals surface area (Å²) in [5, 5.41) is 6.66. The first kappa shape index (κ1) is 18.1. The van der Waals surface area contributed by atoms with Crippen molar-refractivity contribution in [2.24, 2.45) is 0 Å². The lowest BCUT2D eigenvalue weighted by molar-refractivity contribution is -0.127. The standard InChI is InChI=1S/C18H26N2O2.ClH/c1-22-16-8-4-6-14(12-16)18(9-2-3-10-18)17(21)20-15-7-5-11-19-13-15;/h4,6,8,12,15,19H,2-3,5,7,9-11,13H2,1H3,(H,20,21);1H/t15-;/m0./s1. The van der Waals surface area contributed by atoms with E-state index in [1.54, 1.807) is 7.11 Å². The number of piperidine rings is 1. The summed E-state index contributed by atoms with van der Waals surface area (Å²) < 4.78 is 5.35. The first-order chi connectivity index (χ1) is 10.7. The van der Waals surface area contributed by atoms with Crippen LogP contribution in [0.4, 0.5) is 0 Å². The van der Waals surface area contributed by atoms with Crippen LogP contribution in [0.2, 0.25) is 0 Å². The van der Waals surface area contributed by atoms with E-state index >= 15 is 0 Å². The van der Waals surface area contributed by atoms with E-state index in [4.69, 9.17) is 4.74 Å². The number of hydrogen-bond acceptors (Lipinski definition) is 3. The van der Waals surface area contributed by atoms with Crippen molar-refractivity contribution < 1.29 is 9.53 Å². The number of ether oxygens (including phenoxy) is 1. The van der Waals surface area contributed by atoms with Crippen LogP contribution in [-0.4, -0.2) is 32.1 Å². The van der Waals surface area contributed by atoms with Crippen LogP contribution in [0.5, 0.6) is 5.75 Å². The predicted molar refractivity (Wildman–Crippen MR) is 94.4 cm³/mol. The molecule has 5 heteroatoms. The monoisotopic (exact) mass is 338 g/mol. The van der Waals surface area contributed by atoms with Crippen LogP contribution in [-0.2, 0) is 10.2 Å². The lowest BCUT2D eigenvalue weighted by atomic mass is 9.77. The van der Waals surface area contributed by atoms with Crippen molar-refractivity contribution in [3.8, 4) is 5.75 Å². The van der Waals surface area contributed by atoms with E-state index in [1.807, 2.05) is 18.2 Å². The number of carbonyl (C=O) groups excluding carboxylic acids is 1. The zero-order chi connectivity index (χ0) is 15.4. The first-order valence-corrected chi connectivity index (χ1v) is 8.41. The van der Waals surface area contributed by atoms with Crippen molar-refractivity contribution in [1.82, 2.24) is 10.6 Å². The van der Waals surface area contributed by atoms with Crippen LogP contribution >= 0.6 is 12.4 Å². The Balaban J connectivity index is 0.00000192. The lowest BCUT2D eigenvalue weighted by Gasteiger charge is -2.32. The van der Waals surface area contributed by atoms with E-state index in [-0.39, 0.29) is 29.8 Å². The summed E-state index contributed by atoms with van der Waals surface area (Å²) in [6, 6.07) is 8.30. The van der Waals surface area contributed by atoms with E-state index in [9.17, 15) is 4.79 Å². The number of carbonyl (C=O) groups is 1. The zero-order valence-corrected chi connectivity index (χ0v) is 14.6. The summed E-state index contributed by atoms with van der Waals surface area (Å²) >= 11 is 0. The van der Waals surface area contributed by atoms with Crippen molar-refractivity contribution in [1.29, 1.82) is 0 Å². The number of benzene rings is 1. The maximum atomic E-state index is 13.1. The van der Waals surface area contributed by atoms with Crippen molar-refractivity contribution in [2.75, 3.05) is 20.2 Å². The molecule has 0 radical (unpaired) electrons. The molecule has 0 aromatic heterocycles. The molecule has 23 heavy (non-hydrogen) atoms. The molecule has 0 spiro atoms. The van der Waals surface area contributed by atoms with Crippen molar-refractivity contribution >= 4 is 18.3 Å². The number of amides is 1. The van der Waals surface area contributed by atoms with Gasteiger partial charge in [-0.25, -0.2) is 0 Å². The summed E-state index contributed by atoms with van der Waals surface area (Å²) in [5.74, 6) is 1.03. The summed E-state index contributed by atoms with van der Waals surface area (Å²) in [6.45, 7) is 1.95. The minimum absolute atomic E-state index is 0. The molecule has 1 saturated carbocycles. The maximum Gasteiger partial charge on any atom is 0.230 e. The van der Waals surface area contributed by atoms with Crippen LogP contribution in [0.25, 0.3) is 0 Å². The molecule has 1 atom stereocenters. The fraction of sp³-hybridized carbons (Fsp3) is 0.611. The summed E-state index contributed by atoms with van der Waals surface area (Å²) in [7, 11) is 1.67. The lowest BCUT2D eigenvalue weighted by Crippen LogP contribution is -2.51. The Bertz CT molecular complexity index is 524. The average molecular weight is 339 g/mol. The molecule has 2 N–H and O–H groups in total. The van der Waals surface area contributed by atoms with Gasteiger partial charge in [0.15, 0.2) is 0 Å². The summed E-state index contributed by atoms with van der Waals surface area (Å²) in [4.78, 5) is 13.1. The fourth-order valence-corrected chi connectivity index (χ4v) is 3.84. The molecule has 1 saturated heterocycles. The highest BCUT2D eigenvalue weighted by molar-refractivity contribution is 5.89. The van der Waals surface area contributed by atoms with Crippen LogP contribution in [0.1, 0.15) is 44.1 Å². The largest absolute Gasteiger partial charge is 0.497 e. The second kappa shape index (κ2) is 8.02. The third-order valence-electron chi connectivity index (χ3n) is 5.15. The van der Waals surface area contributed by atoms with E-state index in [0.717, 1.165) is 62.9 Å². The highest BCUT2D eigenvalue weighted by Crippen LogP contribution is 2.42. The molecule has 1 aromatic carbocycles. The molecular formula is C18H27ClN2O2. The minimum atomic E-state index is -0.369. The Kier molecular flexibility index (Phi) is 6.31. The van der Waals surface area contributed by atoms with Gasteiger partial charge in [0.2, 0.25) is 5.91 Å². The molecular weight excluding hydrogens is 312 g/mol. The van der Waals surface area contributed by atoms with Crippen LogP contribution in [0, 0.1) is 0 Å². The van der Waals surface area contributed by atoms with Gasteiger partial charge in [0.1, 0.15) is 5.75 Å². The van der Waals surface area contributed by atoms with Gasteiger partial charge in [-0.05, 0) is 49.9 Å². The van der Waals surface area contributed by atoms with Crippen molar-refractivity contribution in [3.05, 3.63) is 29.8 Å². The Labute approximate surface area is 144 Å². The van der Waals surface area contributed by atoms with E-state index < -0.39 is 0 Å². The van der Waals surface area contributed by atoms with E-state index in [1.165, 1.54) is 0 Å². The highest BCUT2D eigenvalue weighted by atomic mass is 35.5. The Morgan fingerprint density at radius 1 is 1.30 bits per heavy atom. The second-order valence-corrected chi connectivity index (χ2v) is 6.54.